The molecular weight excluding hydrogens is 293 g/mol. The van der Waals surface area contributed by atoms with Gasteiger partial charge in [-0.25, -0.2) is 4.39 Å². The van der Waals surface area contributed by atoms with E-state index in [-0.39, 0.29) is 11.6 Å². The molecule has 1 aromatic heterocycles. The quantitative estimate of drug-likeness (QED) is 0.837. The van der Waals surface area contributed by atoms with Gasteiger partial charge in [0.1, 0.15) is 5.82 Å². The average molecular weight is 304 g/mol. The molecule has 0 bridgehead atoms. The van der Waals surface area contributed by atoms with Gasteiger partial charge in [0.2, 0.25) is 0 Å². The van der Waals surface area contributed by atoms with Gasteiger partial charge in [-0.1, -0.05) is 23.4 Å². The molecule has 2 rings (SSSR count). The van der Waals surface area contributed by atoms with E-state index in [9.17, 15) is 9.18 Å². The van der Waals surface area contributed by atoms with E-state index in [1.165, 1.54) is 24.5 Å². The maximum absolute atomic E-state index is 12.9. The van der Waals surface area contributed by atoms with Crippen LogP contribution in [-0.4, -0.2) is 17.4 Å². The Morgan fingerprint density at radius 3 is 2.90 bits per heavy atom. The van der Waals surface area contributed by atoms with Gasteiger partial charge in [0.25, 0.3) is 5.91 Å². The molecule has 6 heteroatoms. The average Bonchev–Trinajstić information content (AvgIpc) is 2.48. The second-order valence-corrected chi connectivity index (χ2v) is 4.45. The number of rotatable bonds is 2. The molecule has 0 atom stereocenters. The first-order valence-corrected chi connectivity index (χ1v) is 6.38. The minimum absolute atomic E-state index is 0.121. The van der Waals surface area contributed by atoms with Crippen LogP contribution in [0.2, 0.25) is 5.02 Å². The molecule has 106 valence electrons. The van der Waals surface area contributed by atoms with Crippen LogP contribution in [0.1, 0.15) is 15.9 Å². The summed E-state index contributed by atoms with van der Waals surface area (Å²) in [6.07, 6.45) is 2.94. The van der Waals surface area contributed by atoms with Crippen LogP contribution in [0.3, 0.4) is 0 Å². The van der Waals surface area contributed by atoms with E-state index < -0.39 is 11.7 Å². The van der Waals surface area contributed by atoms with Crippen molar-refractivity contribution in [2.45, 2.75) is 0 Å². The largest absolute Gasteiger partial charge is 0.321 e. The van der Waals surface area contributed by atoms with Crippen molar-refractivity contribution in [3.63, 3.8) is 0 Å². The van der Waals surface area contributed by atoms with Gasteiger partial charge in [-0.3, -0.25) is 9.78 Å². The highest BCUT2D eigenvalue weighted by Crippen LogP contribution is 2.22. The summed E-state index contributed by atoms with van der Waals surface area (Å²) in [5.74, 6) is 4.58. The molecule has 1 heterocycles. The Bertz CT molecular complexity index is 737. The Hall–Kier alpha value is -2.42. The lowest BCUT2D eigenvalue weighted by molar-refractivity contribution is 0.102. The number of nitrogens with one attached hydrogen (secondary N) is 1. The van der Waals surface area contributed by atoms with Gasteiger partial charge in [0.05, 0.1) is 22.8 Å². The molecule has 0 unspecified atom stereocenters. The van der Waals surface area contributed by atoms with E-state index in [2.05, 4.69) is 22.1 Å². The van der Waals surface area contributed by atoms with Crippen molar-refractivity contribution in [1.29, 1.82) is 0 Å². The zero-order chi connectivity index (χ0) is 15.2. The van der Waals surface area contributed by atoms with Crippen molar-refractivity contribution in [2.75, 3.05) is 11.9 Å². The van der Waals surface area contributed by atoms with E-state index in [0.29, 0.717) is 16.8 Å². The molecule has 0 aliphatic heterocycles. The summed E-state index contributed by atoms with van der Waals surface area (Å²) < 4.78 is 12.9. The smallest absolute Gasteiger partial charge is 0.257 e. The standard InChI is InChI=1S/C15H11ClFN3O/c16-13-7-12(17)3-4-14(13)20-15(21)11-6-10(2-1-5-18)8-19-9-11/h3-4,6-9H,5,18H2,(H,20,21). The summed E-state index contributed by atoms with van der Waals surface area (Å²) >= 11 is 5.85. The molecule has 0 fully saturated rings. The summed E-state index contributed by atoms with van der Waals surface area (Å²) in [6, 6.07) is 5.31. The maximum Gasteiger partial charge on any atom is 0.257 e. The van der Waals surface area contributed by atoms with E-state index in [0.717, 1.165) is 6.07 Å². The molecule has 0 saturated carbocycles. The number of halogens is 2. The van der Waals surface area contributed by atoms with Gasteiger partial charge in [-0.2, -0.15) is 0 Å². The summed E-state index contributed by atoms with van der Waals surface area (Å²) in [5.41, 5.74) is 6.51. The van der Waals surface area contributed by atoms with Crippen LogP contribution in [0, 0.1) is 17.7 Å². The number of pyridine rings is 1. The second kappa shape index (κ2) is 6.84. The second-order valence-electron chi connectivity index (χ2n) is 4.05. The predicted molar refractivity (Wildman–Crippen MR) is 79.5 cm³/mol. The van der Waals surface area contributed by atoms with E-state index in [4.69, 9.17) is 17.3 Å². The summed E-state index contributed by atoms with van der Waals surface area (Å²) in [5, 5.41) is 2.71. The summed E-state index contributed by atoms with van der Waals surface area (Å²) in [7, 11) is 0. The molecule has 1 aromatic carbocycles. The number of nitrogens with zero attached hydrogens (tertiary/aromatic N) is 1. The van der Waals surface area contributed by atoms with E-state index in [1.54, 1.807) is 6.07 Å². The number of carbonyl (C=O) groups excluding carboxylic acids is 1. The number of carbonyl (C=O) groups is 1. The van der Waals surface area contributed by atoms with Gasteiger partial charge >= 0.3 is 0 Å². The van der Waals surface area contributed by atoms with Crippen molar-refractivity contribution < 1.29 is 9.18 Å². The van der Waals surface area contributed by atoms with Crippen molar-refractivity contribution in [2.24, 2.45) is 5.73 Å². The third-order valence-electron chi connectivity index (χ3n) is 2.51. The molecule has 21 heavy (non-hydrogen) atoms. The van der Waals surface area contributed by atoms with Crippen LogP contribution in [0.4, 0.5) is 10.1 Å². The summed E-state index contributed by atoms with van der Waals surface area (Å²) in [4.78, 5) is 16.0. The van der Waals surface area contributed by atoms with Crippen molar-refractivity contribution in [3.8, 4) is 11.8 Å². The Morgan fingerprint density at radius 2 is 2.19 bits per heavy atom. The van der Waals surface area contributed by atoms with E-state index >= 15 is 0 Å². The van der Waals surface area contributed by atoms with Gasteiger partial charge in [-0.05, 0) is 24.3 Å². The molecule has 0 saturated heterocycles. The maximum atomic E-state index is 12.9. The Kier molecular flexibility index (Phi) is 4.88. The zero-order valence-electron chi connectivity index (χ0n) is 10.9. The zero-order valence-corrected chi connectivity index (χ0v) is 11.6. The molecule has 0 radical (unpaired) electrons. The topological polar surface area (TPSA) is 68.0 Å². The number of anilines is 1. The van der Waals surface area contributed by atoms with Gasteiger partial charge in [-0.15, -0.1) is 0 Å². The Balaban J connectivity index is 2.20. The van der Waals surface area contributed by atoms with Gasteiger partial charge in [0, 0.05) is 18.0 Å². The van der Waals surface area contributed by atoms with E-state index in [1.807, 2.05) is 0 Å². The van der Waals surface area contributed by atoms with Crippen LogP contribution >= 0.6 is 11.6 Å². The minimum atomic E-state index is -0.473. The van der Waals surface area contributed by atoms with Crippen LogP contribution in [-0.2, 0) is 0 Å². The number of benzene rings is 1. The molecule has 2 aromatic rings. The first-order chi connectivity index (χ1) is 10.1. The Labute approximate surface area is 126 Å². The molecule has 0 spiro atoms. The fourth-order valence-corrected chi connectivity index (χ4v) is 1.79. The minimum Gasteiger partial charge on any atom is -0.321 e. The van der Waals surface area contributed by atoms with Gasteiger partial charge in [0.15, 0.2) is 0 Å². The van der Waals surface area contributed by atoms with Crippen LogP contribution in [0.25, 0.3) is 0 Å². The predicted octanol–water partition coefficient (Wildman–Crippen LogP) is 2.44. The molecule has 4 nitrogen and oxygen atoms in total. The van der Waals surface area contributed by atoms with Crippen molar-refractivity contribution >= 4 is 23.2 Å². The fraction of sp³-hybridized carbons (Fsp3) is 0.0667. The molecule has 1 amide bonds. The lowest BCUT2D eigenvalue weighted by atomic mass is 10.2. The van der Waals surface area contributed by atoms with Gasteiger partial charge < -0.3 is 11.1 Å². The lowest BCUT2D eigenvalue weighted by Gasteiger charge is -2.07. The molecule has 3 N–H and O–H groups in total. The first-order valence-electron chi connectivity index (χ1n) is 6.00. The monoisotopic (exact) mass is 303 g/mol. The highest BCUT2D eigenvalue weighted by Gasteiger charge is 2.10. The third-order valence-corrected chi connectivity index (χ3v) is 2.83. The highest BCUT2D eigenvalue weighted by molar-refractivity contribution is 6.33. The summed E-state index contributed by atoms with van der Waals surface area (Å²) in [6.45, 7) is 0.224. The third kappa shape index (κ3) is 4.02. The van der Waals surface area contributed by atoms with Crippen LogP contribution in [0.15, 0.2) is 36.7 Å². The number of nitrogens with two attached hydrogens (primary N) is 1. The first kappa shape index (κ1) is 15.0. The number of hydrogen-bond acceptors (Lipinski definition) is 3. The molecule has 0 aliphatic carbocycles. The van der Waals surface area contributed by atoms with Crippen LogP contribution < -0.4 is 11.1 Å². The lowest BCUT2D eigenvalue weighted by Crippen LogP contribution is -2.12. The van der Waals surface area contributed by atoms with Crippen molar-refractivity contribution in [3.05, 3.63) is 58.6 Å². The Morgan fingerprint density at radius 1 is 1.38 bits per heavy atom. The van der Waals surface area contributed by atoms with Crippen molar-refractivity contribution in [1.82, 2.24) is 4.98 Å². The number of aromatic nitrogens is 1. The molecular formula is C15H11ClFN3O. The number of amides is 1. The SMILES string of the molecule is NCC#Cc1cncc(C(=O)Nc2ccc(F)cc2Cl)c1. The highest BCUT2D eigenvalue weighted by atomic mass is 35.5. The normalized spacial score (nSPS) is 9.67. The fourth-order valence-electron chi connectivity index (χ4n) is 1.57. The number of hydrogen-bond donors (Lipinski definition) is 2. The molecule has 0 aliphatic rings. The van der Waals surface area contributed by atoms with Crippen LogP contribution in [0.5, 0.6) is 0 Å².